The van der Waals surface area contributed by atoms with Gasteiger partial charge in [-0.3, -0.25) is 4.21 Å². The third-order valence-electron chi connectivity index (χ3n) is 4.63. The molecule has 0 saturated heterocycles. The predicted octanol–water partition coefficient (Wildman–Crippen LogP) is 4.41. The van der Waals surface area contributed by atoms with Crippen molar-refractivity contribution in [1.82, 2.24) is 5.32 Å². The lowest BCUT2D eigenvalue weighted by Gasteiger charge is -2.16. The summed E-state index contributed by atoms with van der Waals surface area (Å²) in [6.45, 7) is 0.787. The van der Waals surface area contributed by atoms with Crippen LogP contribution >= 0.6 is 0 Å². The van der Waals surface area contributed by atoms with Gasteiger partial charge in [0.2, 0.25) is 0 Å². The highest BCUT2D eigenvalue weighted by atomic mass is 32.2. The molecule has 0 radical (unpaired) electrons. The normalized spacial score (nSPS) is 17.0. The van der Waals surface area contributed by atoms with Gasteiger partial charge in [0.15, 0.2) is 0 Å². The molecular weight excluding hydrogens is 318 g/mol. The number of nitrogens with one attached hydrogen (secondary N) is 1. The first-order chi connectivity index (χ1) is 11.7. The van der Waals surface area contributed by atoms with Gasteiger partial charge in [-0.05, 0) is 48.6 Å². The molecule has 1 aliphatic rings. The van der Waals surface area contributed by atoms with Crippen molar-refractivity contribution in [1.29, 1.82) is 0 Å². The van der Waals surface area contributed by atoms with Gasteiger partial charge in [0.1, 0.15) is 11.3 Å². The summed E-state index contributed by atoms with van der Waals surface area (Å²) >= 11 is 0. The van der Waals surface area contributed by atoms with Crippen LogP contribution in [0, 0.1) is 5.92 Å². The SMILES string of the molecule is C[S@](=O)c1ccc(CN[C@H](c2cc3ccccc3o2)C2CC2)cc1. The first-order valence-electron chi connectivity index (χ1n) is 8.35. The molecule has 24 heavy (non-hydrogen) atoms. The fourth-order valence-corrected chi connectivity index (χ4v) is 3.63. The summed E-state index contributed by atoms with van der Waals surface area (Å²) in [4.78, 5) is 0.870. The van der Waals surface area contributed by atoms with Crippen molar-refractivity contribution in [2.24, 2.45) is 5.92 Å². The molecular formula is C20H21NO2S. The summed E-state index contributed by atoms with van der Waals surface area (Å²) in [5.74, 6) is 1.69. The number of fused-ring (bicyclic) bond motifs is 1. The van der Waals surface area contributed by atoms with Gasteiger partial charge in [-0.25, -0.2) is 0 Å². The Morgan fingerprint density at radius 2 is 1.92 bits per heavy atom. The van der Waals surface area contributed by atoms with Crippen molar-refractivity contribution in [3.05, 3.63) is 65.9 Å². The molecule has 1 saturated carbocycles. The minimum absolute atomic E-state index is 0.261. The van der Waals surface area contributed by atoms with Gasteiger partial charge in [-0.2, -0.15) is 0 Å². The molecule has 1 fully saturated rings. The summed E-state index contributed by atoms with van der Waals surface area (Å²) < 4.78 is 17.5. The van der Waals surface area contributed by atoms with Crippen LogP contribution < -0.4 is 5.32 Å². The minimum atomic E-state index is -0.921. The molecule has 0 amide bonds. The quantitative estimate of drug-likeness (QED) is 0.723. The maximum atomic E-state index is 11.5. The molecule has 2 atom stereocenters. The number of hydrogen-bond donors (Lipinski definition) is 1. The number of benzene rings is 2. The summed E-state index contributed by atoms with van der Waals surface area (Å²) in [5.41, 5.74) is 2.15. The van der Waals surface area contributed by atoms with E-state index in [-0.39, 0.29) is 6.04 Å². The van der Waals surface area contributed by atoms with E-state index < -0.39 is 10.8 Å². The highest BCUT2D eigenvalue weighted by Crippen LogP contribution is 2.42. The summed E-state index contributed by atoms with van der Waals surface area (Å²) in [7, 11) is -0.921. The predicted molar refractivity (Wildman–Crippen MR) is 97.3 cm³/mol. The Morgan fingerprint density at radius 1 is 1.17 bits per heavy atom. The van der Waals surface area contributed by atoms with Crippen LogP contribution in [-0.4, -0.2) is 10.5 Å². The topological polar surface area (TPSA) is 42.2 Å². The van der Waals surface area contributed by atoms with E-state index in [0.29, 0.717) is 5.92 Å². The van der Waals surface area contributed by atoms with E-state index in [1.807, 2.05) is 42.5 Å². The Labute approximate surface area is 144 Å². The standard InChI is InChI=1S/C20H21NO2S/c1-24(22)17-10-6-14(7-11-17)13-21-20(15-8-9-15)19-12-16-4-2-3-5-18(16)23-19/h2-7,10-12,15,20-21H,8-9,13H2,1H3/t20-,24-/m0/s1. The second-order valence-corrected chi connectivity index (χ2v) is 7.86. The third kappa shape index (κ3) is 3.30. The molecule has 1 N–H and O–H groups in total. The molecule has 0 unspecified atom stereocenters. The molecule has 124 valence electrons. The lowest BCUT2D eigenvalue weighted by molar-refractivity contribution is 0.395. The van der Waals surface area contributed by atoms with Crippen LogP contribution in [0.3, 0.4) is 0 Å². The second kappa shape index (κ2) is 6.54. The zero-order chi connectivity index (χ0) is 16.5. The molecule has 0 spiro atoms. The first kappa shape index (κ1) is 15.6. The highest BCUT2D eigenvalue weighted by molar-refractivity contribution is 7.84. The Bertz CT molecular complexity index is 832. The van der Waals surface area contributed by atoms with Crippen molar-refractivity contribution in [3.63, 3.8) is 0 Å². The monoisotopic (exact) mass is 339 g/mol. The molecule has 4 heteroatoms. The second-order valence-electron chi connectivity index (χ2n) is 6.48. The number of furan rings is 1. The van der Waals surface area contributed by atoms with E-state index in [2.05, 4.69) is 17.4 Å². The van der Waals surface area contributed by atoms with Gasteiger partial charge < -0.3 is 9.73 Å². The zero-order valence-electron chi connectivity index (χ0n) is 13.7. The van der Waals surface area contributed by atoms with E-state index >= 15 is 0 Å². The van der Waals surface area contributed by atoms with Crippen LogP contribution in [0.4, 0.5) is 0 Å². The van der Waals surface area contributed by atoms with Gasteiger partial charge in [0.25, 0.3) is 0 Å². The fraction of sp³-hybridized carbons (Fsp3) is 0.300. The summed E-state index contributed by atoms with van der Waals surface area (Å²) in [6.07, 6.45) is 4.21. The van der Waals surface area contributed by atoms with Gasteiger partial charge in [-0.1, -0.05) is 30.3 Å². The molecule has 0 bridgehead atoms. The van der Waals surface area contributed by atoms with E-state index in [0.717, 1.165) is 28.2 Å². The Balaban J connectivity index is 1.50. The number of para-hydroxylation sites is 1. The first-order valence-corrected chi connectivity index (χ1v) is 9.91. The van der Waals surface area contributed by atoms with Crippen molar-refractivity contribution in [2.45, 2.75) is 30.3 Å². The fourth-order valence-electron chi connectivity index (χ4n) is 3.11. The smallest absolute Gasteiger partial charge is 0.134 e. The molecule has 2 aromatic carbocycles. The van der Waals surface area contributed by atoms with Crippen molar-refractivity contribution in [3.8, 4) is 0 Å². The van der Waals surface area contributed by atoms with E-state index in [4.69, 9.17) is 4.42 Å². The molecule has 4 rings (SSSR count). The van der Waals surface area contributed by atoms with Crippen LogP contribution in [0.2, 0.25) is 0 Å². The van der Waals surface area contributed by atoms with Crippen molar-refractivity contribution in [2.75, 3.05) is 6.26 Å². The van der Waals surface area contributed by atoms with E-state index in [1.165, 1.54) is 18.4 Å². The average Bonchev–Trinajstić information content (AvgIpc) is 3.33. The molecule has 3 aromatic rings. The van der Waals surface area contributed by atoms with Gasteiger partial charge in [-0.15, -0.1) is 0 Å². The molecule has 0 aliphatic heterocycles. The largest absolute Gasteiger partial charge is 0.459 e. The molecule has 1 aliphatic carbocycles. The van der Waals surface area contributed by atoms with Crippen LogP contribution in [0.15, 0.2) is 63.9 Å². The van der Waals surface area contributed by atoms with E-state index in [1.54, 1.807) is 6.26 Å². The average molecular weight is 339 g/mol. The zero-order valence-corrected chi connectivity index (χ0v) is 14.5. The lowest BCUT2D eigenvalue weighted by atomic mass is 10.1. The number of hydrogen-bond acceptors (Lipinski definition) is 3. The Kier molecular flexibility index (Phi) is 4.25. The number of rotatable bonds is 6. The maximum absolute atomic E-state index is 11.5. The Morgan fingerprint density at radius 3 is 2.58 bits per heavy atom. The Hall–Kier alpha value is -1.91. The summed E-state index contributed by atoms with van der Waals surface area (Å²) in [5, 5.41) is 4.82. The van der Waals surface area contributed by atoms with Crippen LogP contribution in [0.1, 0.15) is 30.2 Å². The van der Waals surface area contributed by atoms with Crippen LogP contribution in [-0.2, 0) is 17.3 Å². The lowest BCUT2D eigenvalue weighted by Crippen LogP contribution is -2.22. The maximum Gasteiger partial charge on any atom is 0.134 e. The van der Waals surface area contributed by atoms with Crippen LogP contribution in [0.5, 0.6) is 0 Å². The van der Waals surface area contributed by atoms with E-state index in [9.17, 15) is 4.21 Å². The third-order valence-corrected chi connectivity index (χ3v) is 5.56. The van der Waals surface area contributed by atoms with Crippen molar-refractivity contribution >= 4 is 21.8 Å². The van der Waals surface area contributed by atoms with Gasteiger partial charge in [0.05, 0.1) is 6.04 Å². The molecule has 3 nitrogen and oxygen atoms in total. The van der Waals surface area contributed by atoms with Crippen LogP contribution in [0.25, 0.3) is 11.0 Å². The van der Waals surface area contributed by atoms with Gasteiger partial charge >= 0.3 is 0 Å². The van der Waals surface area contributed by atoms with Gasteiger partial charge in [0, 0.05) is 33.9 Å². The van der Waals surface area contributed by atoms with Crippen molar-refractivity contribution < 1.29 is 8.63 Å². The molecule has 1 aromatic heterocycles. The minimum Gasteiger partial charge on any atom is -0.459 e. The highest BCUT2D eigenvalue weighted by Gasteiger charge is 2.34. The summed E-state index contributed by atoms with van der Waals surface area (Å²) in [6, 6.07) is 18.6. The molecule has 1 heterocycles.